The third-order valence-electron chi connectivity index (χ3n) is 7.27. The van der Waals surface area contributed by atoms with Crippen LogP contribution in [0.4, 0.5) is 17.1 Å². The summed E-state index contributed by atoms with van der Waals surface area (Å²) in [5.74, 6) is -2.57. The number of carbonyl (C=O) groups is 3. The SMILES string of the molecule is O=C1[C@H]2[C@@H](C(=O)N1c1ccc([N+](=O)[O-])cc1)[C@@]1(C(=O)Nc3ccc(Br)cc31)N1CCC[C@@H]21. The Hall–Kier alpha value is -3.11. The average molecular weight is 497 g/mol. The van der Waals surface area contributed by atoms with Crippen molar-refractivity contribution >= 4 is 50.7 Å². The summed E-state index contributed by atoms with van der Waals surface area (Å²) in [6.07, 6.45) is 1.57. The monoisotopic (exact) mass is 496 g/mol. The Bertz CT molecular complexity index is 1230. The summed E-state index contributed by atoms with van der Waals surface area (Å²) in [7, 11) is 0. The first-order chi connectivity index (χ1) is 15.4. The molecule has 32 heavy (non-hydrogen) atoms. The number of anilines is 2. The summed E-state index contributed by atoms with van der Waals surface area (Å²) in [6.45, 7) is 0.634. The molecule has 0 aromatic heterocycles. The fourth-order valence-electron chi connectivity index (χ4n) is 6.15. The molecule has 4 aliphatic heterocycles. The molecule has 3 fully saturated rings. The fraction of sp³-hybridized carbons (Fsp3) is 0.318. The van der Waals surface area contributed by atoms with E-state index in [9.17, 15) is 24.5 Å². The van der Waals surface area contributed by atoms with Crippen molar-refractivity contribution in [1.29, 1.82) is 0 Å². The van der Waals surface area contributed by atoms with Crippen LogP contribution in [0.5, 0.6) is 0 Å². The number of rotatable bonds is 2. The van der Waals surface area contributed by atoms with E-state index in [-0.39, 0.29) is 29.2 Å². The number of imide groups is 1. The zero-order valence-electron chi connectivity index (χ0n) is 16.7. The number of nitrogens with zero attached hydrogens (tertiary/aromatic N) is 3. The lowest BCUT2D eigenvalue weighted by molar-refractivity contribution is -0.384. The Balaban J connectivity index is 1.51. The third kappa shape index (κ3) is 2.23. The van der Waals surface area contributed by atoms with Crippen LogP contribution >= 0.6 is 15.9 Å². The zero-order valence-corrected chi connectivity index (χ0v) is 18.2. The highest BCUT2D eigenvalue weighted by molar-refractivity contribution is 9.10. The molecule has 162 valence electrons. The van der Waals surface area contributed by atoms with Crippen molar-refractivity contribution in [1.82, 2.24) is 4.90 Å². The van der Waals surface area contributed by atoms with Gasteiger partial charge in [-0.05, 0) is 49.7 Å². The van der Waals surface area contributed by atoms with Crippen molar-refractivity contribution in [3.8, 4) is 0 Å². The number of hydrogen-bond acceptors (Lipinski definition) is 6. The van der Waals surface area contributed by atoms with Crippen LogP contribution in [0.15, 0.2) is 46.9 Å². The van der Waals surface area contributed by atoms with Crippen molar-refractivity contribution in [2.24, 2.45) is 11.8 Å². The largest absolute Gasteiger partial charge is 0.324 e. The van der Waals surface area contributed by atoms with Gasteiger partial charge >= 0.3 is 0 Å². The van der Waals surface area contributed by atoms with E-state index < -0.39 is 28.2 Å². The third-order valence-corrected chi connectivity index (χ3v) is 7.77. The van der Waals surface area contributed by atoms with E-state index in [1.165, 1.54) is 24.3 Å². The van der Waals surface area contributed by atoms with Crippen LogP contribution in [0.2, 0.25) is 0 Å². The molecule has 2 aromatic carbocycles. The highest BCUT2D eigenvalue weighted by Gasteiger charge is 2.74. The number of nitro benzene ring substituents is 1. The van der Waals surface area contributed by atoms with Gasteiger partial charge in [0.2, 0.25) is 17.7 Å². The second-order valence-corrected chi connectivity index (χ2v) is 9.52. The average Bonchev–Trinajstić information content (AvgIpc) is 3.47. The lowest BCUT2D eigenvalue weighted by atomic mass is 9.75. The second kappa shape index (κ2) is 6.46. The lowest BCUT2D eigenvalue weighted by Crippen LogP contribution is -2.54. The summed E-state index contributed by atoms with van der Waals surface area (Å²) in [5.41, 5.74) is 0.280. The number of nitrogens with one attached hydrogen (secondary N) is 1. The van der Waals surface area contributed by atoms with E-state index in [0.29, 0.717) is 17.8 Å². The number of nitro groups is 1. The van der Waals surface area contributed by atoms with E-state index >= 15 is 0 Å². The van der Waals surface area contributed by atoms with Gasteiger partial charge in [-0.2, -0.15) is 0 Å². The Morgan fingerprint density at radius 1 is 1.09 bits per heavy atom. The smallest absolute Gasteiger partial charge is 0.269 e. The predicted molar refractivity (Wildman–Crippen MR) is 117 cm³/mol. The molecule has 0 bridgehead atoms. The fourth-order valence-corrected chi connectivity index (χ4v) is 6.51. The molecule has 1 spiro atoms. The molecule has 2 aromatic rings. The topological polar surface area (TPSA) is 113 Å². The van der Waals surface area contributed by atoms with Crippen molar-refractivity contribution in [3.63, 3.8) is 0 Å². The Labute approximate surface area is 190 Å². The van der Waals surface area contributed by atoms with E-state index in [2.05, 4.69) is 26.1 Å². The molecule has 9 nitrogen and oxygen atoms in total. The van der Waals surface area contributed by atoms with Crippen LogP contribution in [0.3, 0.4) is 0 Å². The van der Waals surface area contributed by atoms with Gasteiger partial charge in [0.15, 0.2) is 0 Å². The number of carbonyl (C=O) groups excluding carboxylic acids is 3. The molecule has 3 amide bonds. The molecule has 0 saturated carbocycles. The van der Waals surface area contributed by atoms with Crippen molar-refractivity contribution in [2.75, 3.05) is 16.8 Å². The van der Waals surface area contributed by atoms with E-state index in [4.69, 9.17) is 0 Å². The molecule has 4 atom stereocenters. The van der Waals surface area contributed by atoms with Gasteiger partial charge in [0.25, 0.3) is 5.69 Å². The molecular weight excluding hydrogens is 480 g/mol. The van der Waals surface area contributed by atoms with Gasteiger partial charge in [-0.3, -0.25) is 29.4 Å². The summed E-state index contributed by atoms with van der Waals surface area (Å²) < 4.78 is 0.787. The molecule has 6 rings (SSSR count). The molecule has 0 unspecified atom stereocenters. The molecule has 4 heterocycles. The van der Waals surface area contributed by atoms with Gasteiger partial charge in [-0.15, -0.1) is 0 Å². The highest BCUT2D eigenvalue weighted by Crippen LogP contribution is 2.60. The summed E-state index contributed by atoms with van der Waals surface area (Å²) in [6, 6.07) is 10.6. The first-order valence-corrected chi connectivity index (χ1v) is 11.2. The zero-order chi connectivity index (χ0) is 22.4. The van der Waals surface area contributed by atoms with E-state index in [0.717, 1.165) is 22.2 Å². The number of fused-ring (bicyclic) bond motifs is 7. The minimum Gasteiger partial charge on any atom is -0.324 e. The van der Waals surface area contributed by atoms with Crippen LogP contribution < -0.4 is 10.2 Å². The highest BCUT2D eigenvalue weighted by atomic mass is 79.9. The summed E-state index contributed by atoms with van der Waals surface area (Å²) >= 11 is 3.48. The van der Waals surface area contributed by atoms with Gasteiger partial charge in [0.05, 0.1) is 22.4 Å². The Morgan fingerprint density at radius 2 is 1.84 bits per heavy atom. The maximum Gasteiger partial charge on any atom is 0.269 e. The van der Waals surface area contributed by atoms with Crippen LogP contribution in [0.25, 0.3) is 0 Å². The number of hydrogen-bond donors (Lipinski definition) is 1. The van der Waals surface area contributed by atoms with Gasteiger partial charge in [0, 0.05) is 33.9 Å². The van der Waals surface area contributed by atoms with Crippen LogP contribution in [-0.2, 0) is 19.9 Å². The second-order valence-electron chi connectivity index (χ2n) is 8.60. The van der Waals surface area contributed by atoms with E-state index in [1.807, 2.05) is 12.1 Å². The summed E-state index contributed by atoms with van der Waals surface area (Å²) in [5, 5.41) is 13.9. The maximum absolute atomic E-state index is 13.8. The van der Waals surface area contributed by atoms with Crippen molar-refractivity contribution in [2.45, 2.75) is 24.4 Å². The quantitative estimate of drug-likeness (QED) is 0.388. The number of benzene rings is 2. The molecular formula is C22H17BrN4O5. The van der Waals surface area contributed by atoms with Gasteiger partial charge in [0.1, 0.15) is 5.54 Å². The van der Waals surface area contributed by atoms with E-state index in [1.54, 1.807) is 6.07 Å². The molecule has 1 N–H and O–H groups in total. The summed E-state index contributed by atoms with van der Waals surface area (Å²) in [4.78, 5) is 54.6. The minimum absolute atomic E-state index is 0.125. The molecule has 3 saturated heterocycles. The number of non-ortho nitro benzene ring substituents is 1. The lowest BCUT2D eigenvalue weighted by Gasteiger charge is -2.36. The molecule has 4 aliphatic rings. The molecule has 0 aliphatic carbocycles. The first kappa shape index (κ1) is 19.6. The minimum atomic E-state index is -1.24. The number of halogens is 1. The Morgan fingerprint density at radius 3 is 2.56 bits per heavy atom. The van der Waals surface area contributed by atoms with Crippen molar-refractivity contribution in [3.05, 3.63) is 62.6 Å². The van der Waals surface area contributed by atoms with Crippen molar-refractivity contribution < 1.29 is 19.3 Å². The van der Waals surface area contributed by atoms with Gasteiger partial charge < -0.3 is 5.32 Å². The normalized spacial score (nSPS) is 30.6. The first-order valence-electron chi connectivity index (χ1n) is 10.4. The number of amides is 3. The molecule has 10 heteroatoms. The van der Waals surface area contributed by atoms with Crippen LogP contribution in [-0.4, -0.2) is 40.1 Å². The Kier molecular flexibility index (Phi) is 3.95. The van der Waals surface area contributed by atoms with Gasteiger partial charge in [-0.25, -0.2) is 4.90 Å². The standard InChI is InChI=1S/C22H17BrN4O5/c23-11-3-8-15-14(10-11)22(21(30)24-15)18-17(16-2-1-9-25(16)22)19(28)26(20(18)29)12-4-6-13(7-5-12)27(31)32/h3-8,10,16-18H,1-2,9H2,(H,24,30)/t16-,17+,18-,22-/m0/s1. The predicted octanol–water partition coefficient (Wildman–Crippen LogP) is 2.79. The van der Waals surface area contributed by atoms with Crippen LogP contribution in [0.1, 0.15) is 18.4 Å². The van der Waals surface area contributed by atoms with Crippen LogP contribution in [0, 0.1) is 22.0 Å². The molecule has 0 radical (unpaired) electrons. The maximum atomic E-state index is 13.8. The van der Waals surface area contributed by atoms with Gasteiger partial charge in [-0.1, -0.05) is 15.9 Å².